The predicted molar refractivity (Wildman–Crippen MR) is 93.1 cm³/mol. The zero-order chi connectivity index (χ0) is 17.6. The molecule has 1 atom stereocenters. The van der Waals surface area contributed by atoms with Gasteiger partial charge in [0.05, 0.1) is 6.10 Å². The van der Waals surface area contributed by atoms with E-state index in [9.17, 15) is 9.50 Å². The highest BCUT2D eigenvalue weighted by atomic mass is 32.2. The van der Waals surface area contributed by atoms with Crippen molar-refractivity contribution in [2.24, 2.45) is 0 Å². The van der Waals surface area contributed by atoms with Gasteiger partial charge in [-0.25, -0.2) is 4.39 Å². The molecule has 1 N–H and O–H groups in total. The Kier molecular flexibility index (Phi) is 5.67. The van der Waals surface area contributed by atoms with E-state index in [1.165, 1.54) is 23.9 Å². The highest BCUT2D eigenvalue weighted by molar-refractivity contribution is 7.99. The van der Waals surface area contributed by atoms with Crippen LogP contribution in [0.5, 0.6) is 5.75 Å². The van der Waals surface area contributed by atoms with Crippen molar-refractivity contribution in [2.75, 3.05) is 12.4 Å². The minimum Gasteiger partial charge on any atom is -0.491 e. The van der Waals surface area contributed by atoms with E-state index >= 15 is 0 Å². The Morgan fingerprint density at radius 2 is 2.00 bits per heavy atom. The van der Waals surface area contributed by atoms with Gasteiger partial charge in [0.1, 0.15) is 18.2 Å². The molecule has 0 aliphatic carbocycles. The highest BCUT2D eigenvalue weighted by Gasteiger charge is 2.12. The van der Waals surface area contributed by atoms with Crippen LogP contribution in [-0.2, 0) is 0 Å². The van der Waals surface area contributed by atoms with Gasteiger partial charge < -0.3 is 14.3 Å². The smallest absolute Gasteiger partial charge is 0.276 e. The van der Waals surface area contributed by atoms with E-state index in [2.05, 4.69) is 10.2 Å². The summed E-state index contributed by atoms with van der Waals surface area (Å²) < 4.78 is 24.0. The maximum absolute atomic E-state index is 12.9. The number of rotatable bonds is 7. The molecule has 0 saturated carbocycles. The summed E-state index contributed by atoms with van der Waals surface area (Å²) in [7, 11) is 0. The fraction of sp³-hybridized carbons (Fsp3) is 0.222. The van der Waals surface area contributed by atoms with Crippen molar-refractivity contribution in [3.05, 3.63) is 59.9 Å². The van der Waals surface area contributed by atoms with E-state index in [1.807, 2.05) is 31.2 Å². The van der Waals surface area contributed by atoms with Gasteiger partial charge in [-0.05, 0) is 48.9 Å². The molecule has 2 aromatic carbocycles. The summed E-state index contributed by atoms with van der Waals surface area (Å²) in [6.45, 7) is 2.16. The van der Waals surface area contributed by atoms with Crippen molar-refractivity contribution in [3.8, 4) is 17.2 Å². The van der Waals surface area contributed by atoms with Gasteiger partial charge in [0.2, 0.25) is 5.89 Å². The lowest BCUT2D eigenvalue weighted by Crippen LogP contribution is -2.20. The molecule has 130 valence electrons. The quantitative estimate of drug-likeness (QED) is 0.648. The fourth-order valence-corrected chi connectivity index (χ4v) is 2.76. The number of benzene rings is 2. The number of thioether (sulfide) groups is 1. The van der Waals surface area contributed by atoms with E-state index in [0.717, 1.165) is 11.3 Å². The molecule has 0 bridgehead atoms. The van der Waals surface area contributed by atoms with Crippen molar-refractivity contribution in [2.45, 2.75) is 18.3 Å². The molecule has 25 heavy (non-hydrogen) atoms. The largest absolute Gasteiger partial charge is 0.491 e. The third kappa shape index (κ3) is 5.04. The molecule has 0 radical (unpaired) electrons. The molecule has 0 unspecified atom stereocenters. The number of halogens is 1. The van der Waals surface area contributed by atoms with Crippen LogP contribution >= 0.6 is 11.8 Å². The summed E-state index contributed by atoms with van der Waals surface area (Å²) in [6, 6.07) is 13.4. The van der Waals surface area contributed by atoms with E-state index in [-0.39, 0.29) is 12.4 Å². The van der Waals surface area contributed by atoms with Crippen LogP contribution in [0.4, 0.5) is 4.39 Å². The average Bonchev–Trinajstić information content (AvgIpc) is 3.08. The molecule has 0 fully saturated rings. The topological polar surface area (TPSA) is 68.4 Å². The SMILES string of the molecule is Cc1cccc(OC[C@H](O)CSc2nnc(-c3ccc(F)cc3)o2)c1. The summed E-state index contributed by atoms with van der Waals surface area (Å²) in [5.41, 5.74) is 1.74. The Morgan fingerprint density at radius 3 is 2.76 bits per heavy atom. The van der Waals surface area contributed by atoms with Gasteiger partial charge in [0.15, 0.2) is 0 Å². The lowest BCUT2D eigenvalue weighted by Gasteiger charge is -2.11. The molecule has 5 nitrogen and oxygen atoms in total. The normalized spacial score (nSPS) is 12.1. The average molecular weight is 360 g/mol. The summed E-state index contributed by atoms with van der Waals surface area (Å²) in [6.07, 6.45) is -0.674. The van der Waals surface area contributed by atoms with Gasteiger partial charge >= 0.3 is 0 Å². The Balaban J connectivity index is 1.49. The second kappa shape index (κ2) is 8.13. The molecular weight excluding hydrogens is 343 g/mol. The lowest BCUT2D eigenvalue weighted by molar-refractivity contribution is 0.126. The van der Waals surface area contributed by atoms with Crippen LogP contribution in [0.2, 0.25) is 0 Å². The molecule has 0 aliphatic heterocycles. The Bertz CT molecular complexity index is 823. The standard InChI is InChI=1S/C18H17FN2O3S/c1-12-3-2-4-16(9-12)23-10-15(22)11-25-18-21-20-17(24-18)13-5-7-14(19)8-6-13/h2-9,15,22H,10-11H2,1H3/t15-/m0/s1. The number of hydrogen-bond donors (Lipinski definition) is 1. The van der Waals surface area contributed by atoms with Gasteiger partial charge in [-0.1, -0.05) is 23.9 Å². The van der Waals surface area contributed by atoms with Crippen molar-refractivity contribution < 1.29 is 18.7 Å². The van der Waals surface area contributed by atoms with Gasteiger partial charge in [0, 0.05) is 11.3 Å². The fourth-order valence-electron chi connectivity index (χ4n) is 2.09. The molecule has 3 aromatic rings. The minimum absolute atomic E-state index is 0.176. The summed E-state index contributed by atoms with van der Waals surface area (Å²) in [4.78, 5) is 0. The first-order valence-corrected chi connectivity index (χ1v) is 8.68. The number of hydrogen-bond acceptors (Lipinski definition) is 6. The number of aromatic nitrogens is 2. The van der Waals surface area contributed by atoms with Crippen molar-refractivity contribution in [3.63, 3.8) is 0 Å². The van der Waals surface area contributed by atoms with Gasteiger partial charge in [0.25, 0.3) is 5.22 Å². The molecule has 0 spiro atoms. The second-order valence-corrected chi connectivity index (χ2v) is 6.44. The first-order chi connectivity index (χ1) is 12.1. The van der Waals surface area contributed by atoms with Gasteiger partial charge in [-0.3, -0.25) is 0 Å². The molecule has 1 aromatic heterocycles. The van der Waals surface area contributed by atoms with E-state index in [4.69, 9.17) is 9.15 Å². The maximum Gasteiger partial charge on any atom is 0.276 e. The molecular formula is C18H17FN2O3S. The van der Waals surface area contributed by atoms with Gasteiger partial charge in [-0.15, -0.1) is 10.2 Å². The first-order valence-electron chi connectivity index (χ1n) is 7.70. The number of aliphatic hydroxyl groups is 1. The molecule has 0 aliphatic rings. The Labute approximate surface area is 148 Å². The monoisotopic (exact) mass is 360 g/mol. The molecule has 3 rings (SSSR count). The minimum atomic E-state index is -0.674. The van der Waals surface area contributed by atoms with Crippen LogP contribution in [-0.4, -0.2) is 33.8 Å². The lowest BCUT2D eigenvalue weighted by atomic mass is 10.2. The maximum atomic E-state index is 12.9. The molecule has 7 heteroatoms. The van der Waals surface area contributed by atoms with E-state index in [0.29, 0.717) is 22.4 Å². The van der Waals surface area contributed by atoms with E-state index < -0.39 is 6.10 Å². The Morgan fingerprint density at radius 1 is 1.20 bits per heavy atom. The molecule has 0 amide bonds. The third-order valence-electron chi connectivity index (χ3n) is 3.33. The third-order valence-corrected chi connectivity index (χ3v) is 4.29. The zero-order valence-electron chi connectivity index (χ0n) is 13.6. The highest BCUT2D eigenvalue weighted by Crippen LogP contribution is 2.24. The van der Waals surface area contributed by atoms with Crippen LogP contribution < -0.4 is 4.74 Å². The van der Waals surface area contributed by atoms with Gasteiger partial charge in [-0.2, -0.15) is 0 Å². The van der Waals surface area contributed by atoms with Crippen molar-refractivity contribution in [1.82, 2.24) is 10.2 Å². The summed E-state index contributed by atoms with van der Waals surface area (Å²) in [5.74, 6) is 1.07. The Hall–Kier alpha value is -2.38. The molecule has 0 saturated heterocycles. The summed E-state index contributed by atoms with van der Waals surface area (Å²) >= 11 is 1.24. The van der Waals surface area contributed by atoms with Crippen LogP contribution in [0.15, 0.2) is 58.2 Å². The predicted octanol–water partition coefficient (Wildman–Crippen LogP) is 3.72. The first kappa shape index (κ1) is 17.4. The number of aliphatic hydroxyl groups excluding tert-OH is 1. The second-order valence-electron chi connectivity index (χ2n) is 5.47. The van der Waals surface area contributed by atoms with Crippen LogP contribution in [0.25, 0.3) is 11.5 Å². The summed E-state index contributed by atoms with van der Waals surface area (Å²) in [5, 5.41) is 18.2. The van der Waals surface area contributed by atoms with Crippen molar-refractivity contribution in [1.29, 1.82) is 0 Å². The molecule has 1 heterocycles. The van der Waals surface area contributed by atoms with Crippen LogP contribution in [0.1, 0.15) is 5.56 Å². The van der Waals surface area contributed by atoms with E-state index in [1.54, 1.807) is 12.1 Å². The van der Waals surface area contributed by atoms with Crippen LogP contribution in [0.3, 0.4) is 0 Å². The number of ether oxygens (including phenoxy) is 1. The number of nitrogens with zero attached hydrogens (tertiary/aromatic N) is 2. The zero-order valence-corrected chi connectivity index (χ0v) is 14.4. The number of aryl methyl sites for hydroxylation is 1. The van der Waals surface area contributed by atoms with Crippen LogP contribution in [0, 0.1) is 12.7 Å². The van der Waals surface area contributed by atoms with Crippen molar-refractivity contribution >= 4 is 11.8 Å².